The number of halogens is 1. The van der Waals surface area contributed by atoms with Crippen molar-refractivity contribution in [3.8, 4) is 0 Å². The zero-order chi connectivity index (χ0) is 19.1. The fourth-order valence-electron chi connectivity index (χ4n) is 3.40. The number of ether oxygens (including phenoxy) is 1. The van der Waals surface area contributed by atoms with Crippen molar-refractivity contribution in [1.29, 1.82) is 0 Å². The highest BCUT2D eigenvalue weighted by Gasteiger charge is 2.23. The Morgan fingerprint density at radius 2 is 1.74 bits per heavy atom. The Morgan fingerprint density at radius 3 is 2.41 bits per heavy atom. The van der Waals surface area contributed by atoms with Gasteiger partial charge < -0.3 is 9.64 Å². The summed E-state index contributed by atoms with van der Waals surface area (Å²) < 4.78 is 5.44. The Kier molecular flexibility index (Phi) is 7.27. The molecule has 5 heteroatoms. The molecule has 2 aromatic rings. The predicted molar refractivity (Wildman–Crippen MR) is 109 cm³/mol. The number of rotatable bonds is 7. The molecule has 0 N–H and O–H groups in total. The van der Waals surface area contributed by atoms with Crippen molar-refractivity contribution in [2.45, 2.75) is 25.9 Å². The largest absolute Gasteiger partial charge is 0.379 e. The van der Waals surface area contributed by atoms with E-state index in [2.05, 4.69) is 24.0 Å². The second kappa shape index (κ2) is 9.88. The fraction of sp³-hybridized carbons (Fsp3) is 0.409. The highest BCUT2D eigenvalue weighted by atomic mass is 35.5. The molecule has 4 nitrogen and oxygen atoms in total. The zero-order valence-electron chi connectivity index (χ0n) is 15.8. The van der Waals surface area contributed by atoms with Gasteiger partial charge in [0, 0.05) is 37.2 Å². The summed E-state index contributed by atoms with van der Waals surface area (Å²) in [6, 6.07) is 17.8. The van der Waals surface area contributed by atoms with E-state index >= 15 is 0 Å². The van der Waals surface area contributed by atoms with Crippen LogP contribution in [0.25, 0.3) is 0 Å². The lowest BCUT2D eigenvalue weighted by molar-refractivity contribution is -0.133. The van der Waals surface area contributed by atoms with Gasteiger partial charge in [-0.05, 0) is 30.2 Å². The first-order valence-electron chi connectivity index (χ1n) is 9.50. The maximum absolute atomic E-state index is 13.1. The Labute approximate surface area is 166 Å². The van der Waals surface area contributed by atoms with E-state index in [0.717, 1.165) is 44.0 Å². The number of amides is 1. The van der Waals surface area contributed by atoms with Gasteiger partial charge >= 0.3 is 0 Å². The van der Waals surface area contributed by atoms with E-state index in [1.807, 2.05) is 47.4 Å². The van der Waals surface area contributed by atoms with Crippen LogP contribution in [0.15, 0.2) is 54.6 Å². The van der Waals surface area contributed by atoms with Crippen LogP contribution in [-0.4, -0.2) is 54.6 Å². The molecule has 0 bridgehead atoms. The first-order chi connectivity index (χ1) is 13.1. The molecular weight excluding hydrogens is 360 g/mol. The highest BCUT2D eigenvalue weighted by molar-refractivity contribution is 6.30. The quantitative estimate of drug-likeness (QED) is 0.728. The van der Waals surface area contributed by atoms with Crippen molar-refractivity contribution in [3.05, 3.63) is 70.7 Å². The number of carbonyl (C=O) groups is 1. The number of benzene rings is 2. The molecule has 1 saturated heterocycles. The normalized spacial score (nSPS) is 16.1. The molecule has 144 valence electrons. The van der Waals surface area contributed by atoms with E-state index in [4.69, 9.17) is 16.3 Å². The van der Waals surface area contributed by atoms with Crippen LogP contribution in [0, 0.1) is 0 Å². The molecule has 0 aliphatic carbocycles. The lowest BCUT2D eigenvalue weighted by atomic mass is 10.1. The monoisotopic (exact) mass is 386 g/mol. The molecule has 27 heavy (non-hydrogen) atoms. The van der Waals surface area contributed by atoms with Gasteiger partial charge in [0.25, 0.3) is 0 Å². The second-order valence-electron chi connectivity index (χ2n) is 7.07. The molecule has 1 aliphatic heterocycles. The molecule has 0 saturated carbocycles. The van der Waals surface area contributed by atoms with Crippen LogP contribution in [0.3, 0.4) is 0 Å². The molecule has 3 rings (SSSR count). The Bertz CT molecular complexity index is 715. The van der Waals surface area contributed by atoms with Gasteiger partial charge in [-0.15, -0.1) is 0 Å². The van der Waals surface area contributed by atoms with Crippen molar-refractivity contribution in [3.63, 3.8) is 0 Å². The highest BCUT2D eigenvalue weighted by Crippen LogP contribution is 2.15. The van der Waals surface area contributed by atoms with Crippen molar-refractivity contribution in [1.82, 2.24) is 9.80 Å². The van der Waals surface area contributed by atoms with E-state index in [1.54, 1.807) is 0 Å². The first kappa shape index (κ1) is 19.9. The van der Waals surface area contributed by atoms with Crippen molar-refractivity contribution < 1.29 is 9.53 Å². The third-order valence-corrected chi connectivity index (χ3v) is 5.19. The number of carbonyl (C=O) groups excluding carboxylic acids is 1. The standard InChI is InChI=1S/C22H27ClN2O2/c1-18(16-24-11-13-27-14-12-24)25(17-20-5-3-2-4-6-20)22(26)15-19-7-9-21(23)10-8-19/h2-10,18H,11-17H2,1H3. The minimum atomic E-state index is 0.128. The Balaban J connectivity index is 1.71. The van der Waals surface area contributed by atoms with E-state index < -0.39 is 0 Å². The lowest BCUT2D eigenvalue weighted by Crippen LogP contribution is -2.48. The molecule has 1 amide bonds. The minimum Gasteiger partial charge on any atom is -0.379 e. The summed E-state index contributed by atoms with van der Waals surface area (Å²) in [5.74, 6) is 0.141. The van der Waals surface area contributed by atoms with Gasteiger partial charge in [0.05, 0.1) is 19.6 Å². The summed E-state index contributed by atoms with van der Waals surface area (Å²) in [4.78, 5) is 17.5. The molecule has 1 heterocycles. The third-order valence-electron chi connectivity index (χ3n) is 4.94. The van der Waals surface area contributed by atoms with Crippen LogP contribution < -0.4 is 0 Å². The number of hydrogen-bond acceptors (Lipinski definition) is 3. The molecular formula is C22H27ClN2O2. The van der Waals surface area contributed by atoms with Crippen molar-refractivity contribution in [2.75, 3.05) is 32.8 Å². The molecule has 0 radical (unpaired) electrons. The van der Waals surface area contributed by atoms with Crippen LogP contribution in [0.1, 0.15) is 18.1 Å². The van der Waals surface area contributed by atoms with Crippen LogP contribution in [-0.2, 0) is 22.5 Å². The topological polar surface area (TPSA) is 32.8 Å². The minimum absolute atomic E-state index is 0.128. The van der Waals surface area contributed by atoms with E-state index in [0.29, 0.717) is 18.0 Å². The maximum Gasteiger partial charge on any atom is 0.227 e. The molecule has 1 unspecified atom stereocenters. The van der Waals surface area contributed by atoms with Gasteiger partial charge in [0.1, 0.15) is 0 Å². The van der Waals surface area contributed by atoms with Gasteiger partial charge in [0.15, 0.2) is 0 Å². The smallest absolute Gasteiger partial charge is 0.227 e. The average molecular weight is 387 g/mol. The fourth-order valence-corrected chi connectivity index (χ4v) is 3.53. The summed E-state index contributed by atoms with van der Waals surface area (Å²) in [5, 5.41) is 0.688. The molecule has 0 aromatic heterocycles. The van der Waals surface area contributed by atoms with Crippen molar-refractivity contribution in [2.24, 2.45) is 0 Å². The van der Waals surface area contributed by atoms with Crippen LogP contribution in [0.5, 0.6) is 0 Å². The van der Waals surface area contributed by atoms with Crippen LogP contribution in [0.4, 0.5) is 0 Å². The Morgan fingerprint density at radius 1 is 1.07 bits per heavy atom. The third kappa shape index (κ3) is 6.06. The van der Waals surface area contributed by atoms with E-state index in [-0.39, 0.29) is 11.9 Å². The summed E-state index contributed by atoms with van der Waals surface area (Å²) in [6.07, 6.45) is 0.386. The summed E-state index contributed by atoms with van der Waals surface area (Å²) in [5.41, 5.74) is 2.14. The molecule has 2 aromatic carbocycles. The average Bonchev–Trinajstić information content (AvgIpc) is 2.69. The van der Waals surface area contributed by atoms with Crippen molar-refractivity contribution >= 4 is 17.5 Å². The number of hydrogen-bond donors (Lipinski definition) is 0. The van der Waals surface area contributed by atoms with Gasteiger partial charge in [-0.3, -0.25) is 9.69 Å². The Hall–Kier alpha value is -1.88. The van der Waals surface area contributed by atoms with Gasteiger partial charge in [-0.2, -0.15) is 0 Å². The maximum atomic E-state index is 13.1. The molecule has 1 fully saturated rings. The van der Waals surface area contributed by atoms with Crippen LogP contribution >= 0.6 is 11.6 Å². The molecule has 1 aliphatic rings. The van der Waals surface area contributed by atoms with Gasteiger partial charge in [-0.1, -0.05) is 54.1 Å². The summed E-state index contributed by atoms with van der Waals surface area (Å²) >= 11 is 5.97. The number of morpholine rings is 1. The van der Waals surface area contributed by atoms with Gasteiger partial charge in [0.2, 0.25) is 5.91 Å². The SMILES string of the molecule is CC(CN1CCOCC1)N(Cc1ccccc1)C(=O)Cc1ccc(Cl)cc1. The summed E-state index contributed by atoms with van der Waals surface area (Å²) in [7, 11) is 0. The molecule has 1 atom stereocenters. The van der Waals surface area contributed by atoms with E-state index in [9.17, 15) is 4.79 Å². The number of nitrogens with zero attached hydrogens (tertiary/aromatic N) is 2. The predicted octanol–water partition coefficient (Wildman–Crippen LogP) is 3.63. The lowest BCUT2D eigenvalue weighted by Gasteiger charge is -2.35. The second-order valence-corrected chi connectivity index (χ2v) is 7.51. The zero-order valence-corrected chi connectivity index (χ0v) is 16.6. The first-order valence-corrected chi connectivity index (χ1v) is 9.87. The molecule has 0 spiro atoms. The summed E-state index contributed by atoms with van der Waals surface area (Å²) in [6.45, 7) is 7.01. The van der Waals surface area contributed by atoms with Gasteiger partial charge in [-0.25, -0.2) is 0 Å². The van der Waals surface area contributed by atoms with E-state index in [1.165, 1.54) is 0 Å². The van der Waals surface area contributed by atoms with Crippen LogP contribution in [0.2, 0.25) is 5.02 Å².